The van der Waals surface area contributed by atoms with Crippen LogP contribution in [-0.2, 0) is 6.54 Å². The highest BCUT2D eigenvalue weighted by Gasteiger charge is 2.28. The second-order valence-corrected chi connectivity index (χ2v) is 7.35. The molecule has 9 heteroatoms. The van der Waals surface area contributed by atoms with Crippen LogP contribution >= 0.6 is 0 Å². The van der Waals surface area contributed by atoms with E-state index in [4.69, 9.17) is 18.7 Å². The van der Waals surface area contributed by atoms with Crippen molar-refractivity contribution in [3.05, 3.63) is 53.9 Å². The Morgan fingerprint density at radius 2 is 1.87 bits per heavy atom. The topological polar surface area (TPSA) is 90.2 Å². The summed E-state index contributed by atoms with van der Waals surface area (Å²) in [6, 6.07) is 12.9. The molecule has 2 aromatic carbocycles. The number of para-hydroxylation sites is 1. The predicted molar refractivity (Wildman–Crippen MR) is 110 cm³/mol. The molecular formula is C22H22N4O5. The van der Waals surface area contributed by atoms with Gasteiger partial charge in [0.05, 0.1) is 19.2 Å². The number of piperazine rings is 1. The van der Waals surface area contributed by atoms with E-state index in [1.807, 2.05) is 41.3 Å². The molecule has 0 atom stereocenters. The maximum atomic E-state index is 13.0. The Morgan fingerprint density at radius 3 is 2.65 bits per heavy atom. The monoisotopic (exact) mass is 422 g/mol. The van der Waals surface area contributed by atoms with E-state index in [0.29, 0.717) is 48.4 Å². The van der Waals surface area contributed by atoms with Crippen molar-refractivity contribution < 1.29 is 23.5 Å². The van der Waals surface area contributed by atoms with E-state index in [9.17, 15) is 4.79 Å². The average Bonchev–Trinajstić information content (AvgIpc) is 3.49. The van der Waals surface area contributed by atoms with E-state index in [2.05, 4.69) is 15.0 Å². The standard InChI is InChI=1S/C22H22N4O5/c1-28-16-7-5-15(6-8-16)21-23-19(31-24-21)13-25-9-11-26(12-10-25)22(27)17-3-2-4-18-20(17)30-14-29-18/h2-8H,9-14H2,1H3. The molecule has 1 fully saturated rings. The SMILES string of the molecule is COc1ccc(-c2noc(CN3CCN(C(=O)c4cccc5c4OCO5)CC3)n2)cc1. The molecule has 0 spiro atoms. The van der Waals surface area contributed by atoms with Gasteiger partial charge in [-0.1, -0.05) is 11.2 Å². The first-order valence-corrected chi connectivity index (χ1v) is 10.1. The predicted octanol–water partition coefficient (Wildman–Crippen LogP) is 2.43. The molecule has 0 N–H and O–H groups in total. The summed E-state index contributed by atoms with van der Waals surface area (Å²) in [5, 5.41) is 4.08. The summed E-state index contributed by atoms with van der Waals surface area (Å²) in [5.41, 5.74) is 1.41. The lowest BCUT2D eigenvalue weighted by Crippen LogP contribution is -2.48. The molecule has 0 bridgehead atoms. The van der Waals surface area contributed by atoms with Gasteiger partial charge in [-0.15, -0.1) is 0 Å². The number of amides is 1. The molecule has 3 aromatic rings. The number of ether oxygens (including phenoxy) is 3. The van der Waals surface area contributed by atoms with Gasteiger partial charge in [0, 0.05) is 31.7 Å². The molecule has 0 aliphatic carbocycles. The molecule has 31 heavy (non-hydrogen) atoms. The number of benzene rings is 2. The molecule has 0 saturated carbocycles. The molecule has 5 rings (SSSR count). The van der Waals surface area contributed by atoms with E-state index >= 15 is 0 Å². The van der Waals surface area contributed by atoms with Gasteiger partial charge < -0.3 is 23.6 Å². The van der Waals surface area contributed by atoms with E-state index in [1.54, 1.807) is 13.2 Å². The Balaban J connectivity index is 1.18. The molecule has 1 aromatic heterocycles. The molecule has 3 heterocycles. The van der Waals surface area contributed by atoms with Gasteiger partial charge >= 0.3 is 0 Å². The van der Waals surface area contributed by atoms with Crippen molar-refractivity contribution in [2.75, 3.05) is 40.1 Å². The smallest absolute Gasteiger partial charge is 0.257 e. The Morgan fingerprint density at radius 1 is 1.06 bits per heavy atom. The number of hydrogen-bond donors (Lipinski definition) is 0. The summed E-state index contributed by atoms with van der Waals surface area (Å²) in [5.74, 6) is 2.99. The van der Waals surface area contributed by atoms with E-state index in [-0.39, 0.29) is 12.7 Å². The highest BCUT2D eigenvalue weighted by molar-refractivity contribution is 5.98. The number of hydrogen-bond acceptors (Lipinski definition) is 8. The van der Waals surface area contributed by atoms with Gasteiger partial charge in [-0.3, -0.25) is 9.69 Å². The normalized spacial score (nSPS) is 15.8. The Hall–Kier alpha value is -3.59. The van der Waals surface area contributed by atoms with Gasteiger partial charge in [0.15, 0.2) is 11.5 Å². The molecule has 2 aliphatic rings. The summed E-state index contributed by atoms with van der Waals surface area (Å²) >= 11 is 0. The second-order valence-electron chi connectivity index (χ2n) is 7.35. The zero-order valence-electron chi connectivity index (χ0n) is 17.1. The molecule has 0 radical (unpaired) electrons. The fraction of sp³-hybridized carbons (Fsp3) is 0.318. The minimum absolute atomic E-state index is 0.0402. The third kappa shape index (κ3) is 3.91. The molecule has 160 valence electrons. The summed E-state index contributed by atoms with van der Waals surface area (Å²) in [4.78, 5) is 21.5. The first kappa shape index (κ1) is 19.4. The lowest BCUT2D eigenvalue weighted by atomic mass is 10.1. The summed E-state index contributed by atoms with van der Waals surface area (Å²) < 4.78 is 21.5. The van der Waals surface area contributed by atoms with Crippen molar-refractivity contribution in [1.82, 2.24) is 19.9 Å². The van der Waals surface area contributed by atoms with Gasteiger partial charge in [-0.25, -0.2) is 0 Å². The Kier molecular flexibility index (Phi) is 5.17. The van der Waals surface area contributed by atoms with Gasteiger partial charge in [0.25, 0.3) is 5.91 Å². The highest BCUT2D eigenvalue weighted by atomic mass is 16.7. The van der Waals surface area contributed by atoms with Gasteiger partial charge in [0.2, 0.25) is 18.5 Å². The third-order valence-electron chi connectivity index (χ3n) is 5.46. The average molecular weight is 422 g/mol. The fourth-order valence-corrected chi connectivity index (χ4v) is 3.75. The molecular weight excluding hydrogens is 400 g/mol. The molecule has 1 amide bonds. The number of nitrogens with zero attached hydrogens (tertiary/aromatic N) is 4. The maximum absolute atomic E-state index is 13.0. The van der Waals surface area contributed by atoms with Crippen LogP contribution in [0.4, 0.5) is 0 Å². The van der Waals surface area contributed by atoms with Crippen LogP contribution in [-0.4, -0.2) is 65.9 Å². The van der Waals surface area contributed by atoms with Crippen LogP contribution in [0.15, 0.2) is 47.0 Å². The zero-order chi connectivity index (χ0) is 21.2. The number of fused-ring (bicyclic) bond motifs is 1. The quantitative estimate of drug-likeness (QED) is 0.619. The maximum Gasteiger partial charge on any atom is 0.257 e. The number of methoxy groups -OCH3 is 1. The van der Waals surface area contributed by atoms with Crippen molar-refractivity contribution in [1.29, 1.82) is 0 Å². The highest BCUT2D eigenvalue weighted by Crippen LogP contribution is 2.36. The molecule has 9 nitrogen and oxygen atoms in total. The molecule has 0 unspecified atom stereocenters. The van der Waals surface area contributed by atoms with Crippen molar-refractivity contribution in [2.45, 2.75) is 6.54 Å². The summed E-state index contributed by atoms with van der Waals surface area (Å²) in [6.45, 7) is 3.36. The van der Waals surface area contributed by atoms with Crippen LogP contribution in [0.25, 0.3) is 11.4 Å². The second kappa shape index (κ2) is 8.27. The minimum Gasteiger partial charge on any atom is -0.497 e. The minimum atomic E-state index is -0.0402. The van der Waals surface area contributed by atoms with Crippen molar-refractivity contribution in [3.63, 3.8) is 0 Å². The number of rotatable bonds is 5. The van der Waals surface area contributed by atoms with Crippen molar-refractivity contribution in [2.24, 2.45) is 0 Å². The van der Waals surface area contributed by atoms with Crippen LogP contribution in [0.2, 0.25) is 0 Å². The van der Waals surface area contributed by atoms with Crippen LogP contribution in [0, 0.1) is 0 Å². The van der Waals surface area contributed by atoms with E-state index in [1.165, 1.54) is 0 Å². The van der Waals surface area contributed by atoms with E-state index in [0.717, 1.165) is 24.4 Å². The zero-order valence-corrected chi connectivity index (χ0v) is 17.1. The number of aromatic nitrogens is 2. The van der Waals surface area contributed by atoms with Gasteiger partial charge in [-0.2, -0.15) is 4.98 Å². The Labute approximate surface area is 179 Å². The van der Waals surface area contributed by atoms with Crippen LogP contribution in [0.1, 0.15) is 16.2 Å². The van der Waals surface area contributed by atoms with Gasteiger partial charge in [-0.05, 0) is 36.4 Å². The lowest BCUT2D eigenvalue weighted by molar-refractivity contribution is 0.0611. The molecule has 1 saturated heterocycles. The largest absolute Gasteiger partial charge is 0.497 e. The molecule has 2 aliphatic heterocycles. The fourth-order valence-electron chi connectivity index (χ4n) is 3.75. The van der Waals surface area contributed by atoms with Crippen LogP contribution < -0.4 is 14.2 Å². The van der Waals surface area contributed by atoms with Crippen LogP contribution in [0.5, 0.6) is 17.2 Å². The van der Waals surface area contributed by atoms with Crippen molar-refractivity contribution in [3.8, 4) is 28.6 Å². The summed E-state index contributed by atoms with van der Waals surface area (Å²) in [7, 11) is 1.63. The Bertz CT molecular complexity index is 1070. The third-order valence-corrected chi connectivity index (χ3v) is 5.46. The number of carbonyl (C=O) groups is 1. The van der Waals surface area contributed by atoms with E-state index < -0.39 is 0 Å². The lowest BCUT2D eigenvalue weighted by Gasteiger charge is -2.34. The van der Waals surface area contributed by atoms with Crippen LogP contribution in [0.3, 0.4) is 0 Å². The van der Waals surface area contributed by atoms with Gasteiger partial charge in [0.1, 0.15) is 5.75 Å². The van der Waals surface area contributed by atoms with Crippen molar-refractivity contribution >= 4 is 5.91 Å². The summed E-state index contributed by atoms with van der Waals surface area (Å²) in [6.07, 6.45) is 0. The first-order valence-electron chi connectivity index (χ1n) is 10.1. The first-order chi connectivity index (χ1) is 15.2. The number of carbonyl (C=O) groups excluding carboxylic acids is 1.